The van der Waals surface area contributed by atoms with Crippen LogP contribution in [0.3, 0.4) is 0 Å². The summed E-state index contributed by atoms with van der Waals surface area (Å²) in [6.45, 7) is 0.454. The molecule has 0 radical (unpaired) electrons. The summed E-state index contributed by atoms with van der Waals surface area (Å²) >= 11 is 0. The number of amides is 2. The number of primary amides is 1. The van der Waals surface area contributed by atoms with E-state index in [0.717, 1.165) is 18.4 Å². The van der Waals surface area contributed by atoms with E-state index in [9.17, 15) is 9.59 Å². The number of carbonyl (C=O) groups is 2. The Balaban J connectivity index is 1.97. The average Bonchev–Trinajstić information content (AvgIpc) is 2.48. The van der Waals surface area contributed by atoms with Crippen molar-refractivity contribution in [1.29, 1.82) is 0 Å². The van der Waals surface area contributed by atoms with E-state index in [1.807, 2.05) is 30.3 Å². The zero-order valence-electron chi connectivity index (χ0n) is 12.5. The third-order valence-corrected chi connectivity index (χ3v) is 4.10. The number of nitrogens with two attached hydrogens (primary N) is 1. The molecule has 114 valence electrons. The van der Waals surface area contributed by atoms with Crippen molar-refractivity contribution in [2.75, 3.05) is 6.54 Å². The van der Waals surface area contributed by atoms with Crippen LogP contribution in [0.15, 0.2) is 30.3 Å². The highest BCUT2D eigenvalue weighted by molar-refractivity contribution is 5.83. The van der Waals surface area contributed by atoms with E-state index in [0.29, 0.717) is 18.9 Å². The minimum absolute atomic E-state index is 0.000444. The summed E-state index contributed by atoms with van der Waals surface area (Å²) < 4.78 is 0. The van der Waals surface area contributed by atoms with Crippen LogP contribution in [0.1, 0.15) is 44.1 Å². The van der Waals surface area contributed by atoms with Gasteiger partial charge in [0.2, 0.25) is 11.8 Å². The molecular weight excluding hydrogens is 264 g/mol. The van der Waals surface area contributed by atoms with Crippen LogP contribution in [0.5, 0.6) is 0 Å². The molecular formula is C17H24N2O2. The largest absolute Gasteiger partial charge is 0.368 e. The topological polar surface area (TPSA) is 63.4 Å². The monoisotopic (exact) mass is 288 g/mol. The molecule has 1 aromatic rings. The number of rotatable bonds is 6. The minimum Gasteiger partial charge on any atom is -0.368 e. The van der Waals surface area contributed by atoms with Gasteiger partial charge < -0.3 is 10.6 Å². The molecule has 1 aliphatic carbocycles. The average molecular weight is 288 g/mol. The zero-order valence-corrected chi connectivity index (χ0v) is 12.5. The molecule has 4 heteroatoms. The fourth-order valence-electron chi connectivity index (χ4n) is 2.99. The molecule has 2 amide bonds. The zero-order chi connectivity index (χ0) is 15.1. The second-order valence-electron chi connectivity index (χ2n) is 5.91. The van der Waals surface area contributed by atoms with Crippen molar-refractivity contribution in [1.82, 2.24) is 4.90 Å². The molecule has 1 saturated carbocycles. The highest BCUT2D eigenvalue weighted by Gasteiger charge is 2.22. The van der Waals surface area contributed by atoms with Gasteiger partial charge in [0.1, 0.15) is 0 Å². The van der Waals surface area contributed by atoms with Crippen molar-refractivity contribution in [2.24, 2.45) is 11.7 Å². The number of hydrogen-bond donors (Lipinski definition) is 1. The Morgan fingerprint density at radius 1 is 1.10 bits per heavy atom. The normalized spacial score (nSPS) is 15.6. The van der Waals surface area contributed by atoms with Gasteiger partial charge in [-0.1, -0.05) is 49.6 Å². The van der Waals surface area contributed by atoms with Crippen LogP contribution in [0.2, 0.25) is 0 Å². The molecule has 0 spiro atoms. The maximum Gasteiger partial charge on any atom is 0.237 e. The third kappa shape index (κ3) is 5.21. The first kappa shape index (κ1) is 15.5. The van der Waals surface area contributed by atoms with Crippen LogP contribution in [0, 0.1) is 5.92 Å². The Hall–Kier alpha value is -1.84. The predicted octanol–water partition coefficient (Wildman–Crippen LogP) is 2.47. The highest BCUT2D eigenvalue weighted by atomic mass is 16.2. The van der Waals surface area contributed by atoms with Gasteiger partial charge >= 0.3 is 0 Å². The van der Waals surface area contributed by atoms with Crippen molar-refractivity contribution < 1.29 is 9.59 Å². The molecule has 0 aliphatic heterocycles. The Kier molecular flexibility index (Phi) is 5.78. The molecule has 4 nitrogen and oxygen atoms in total. The Labute approximate surface area is 126 Å². The Bertz CT molecular complexity index is 467. The first-order valence-corrected chi connectivity index (χ1v) is 7.75. The summed E-state index contributed by atoms with van der Waals surface area (Å²) in [6, 6.07) is 9.72. The standard InChI is InChI=1S/C17H24N2O2/c18-16(20)13-19(12-15-9-5-2-6-10-15)17(21)11-14-7-3-1-4-8-14/h2,5-6,9-10,14H,1,3-4,7-8,11-13H2,(H2,18,20). The summed E-state index contributed by atoms with van der Waals surface area (Å²) in [7, 11) is 0. The van der Waals surface area contributed by atoms with Crippen molar-refractivity contribution in [3.05, 3.63) is 35.9 Å². The number of hydrogen-bond acceptors (Lipinski definition) is 2. The van der Waals surface area contributed by atoms with E-state index in [4.69, 9.17) is 5.73 Å². The predicted molar refractivity (Wildman–Crippen MR) is 82.2 cm³/mol. The Morgan fingerprint density at radius 3 is 2.38 bits per heavy atom. The molecule has 0 saturated heterocycles. The van der Waals surface area contributed by atoms with Gasteiger partial charge in [0.15, 0.2) is 0 Å². The van der Waals surface area contributed by atoms with E-state index in [1.165, 1.54) is 19.3 Å². The van der Waals surface area contributed by atoms with Gasteiger partial charge in [-0.2, -0.15) is 0 Å². The quantitative estimate of drug-likeness (QED) is 0.874. The SMILES string of the molecule is NC(=O)CN(Cc1ccccc1)C(=O)CC1CCCCC1. The maximum atomic E-state index is 12.5. The fourth-order valence-corrected chi connectivity index (χ4v) is 2.99. The molecule has 1 aliphatic rings. The second-order valence-corrected chi connectivity index (χ2v) is 5.91. The lowest BCUT2D eigenvalue weighted by Gasteiger charge is -2.26. The molecule has 0 aromatic heterocycles. The lowest BCUT2D eigenvalue weighted by Crippen LogP contribution is -2.38. The highest BCUT2D eigenvalue weighted by Crippen LogP contribution is 2.27. The maximum absolute atomic E-state index is 12.5. The molecule has 2 N–H and O–H groups in total. The number of nitrogens with zero attached hydrogens (tertiary/aromatic N) is 1. The van der Waals surface area contributed by atoms with Crippen LogP contribution in [0.25, 0.3) is 0 Å². The van der Waals surface area contributed by atoms with Crippen molar-refractivity contribution in [3.63, 3.8) is 0 Å². The van der Waals surface area contributed by atoms with E-state index in [2.05, 4.69) is 0 Å². The molecule has 0 bridgehead atoms. The summed E-state index contributed by atoms with van der Waals surface area (Å²) in [5.41, 5.74) is 6.31. The first-order valence-electron chi connectivity index (χ1n) is 7.75. The van der Waals surface area contributed by atoms with E-state index >= 15 is 0 Å². The lowest BCUT2D eigenvalue weighted by atomic mass is 9.86. The molecule has 0 heterocycles. The minimum atomic E-state index is -0.456. The van der Waals surface area contributed by atoms with E-state index in [1.54, 1.807) is 4.90 Å². The van der Waals surface area contributed by atoms with Crippen LogP contribution >= 0.6 is 0 Å². The summed E-state index contributed by atoms with van der Waals surface area (Å²) in [6.07, 6.45) is 6.50. The third-order valence-electron chi connectivity index (χ3n) is 4.10. The molecule has 0 unspecified atom stereocenters. The van der Waals surface area contributed by atoms with Gasteiger partial charge in [-0.05, 0) is 24.3 Å². The molecule has 21 heavy (non-hydrogen) atoms. The Morgan fingerprint density at radius 2 is 1.76 bits per heavy atom. The lowest BCUT2D eigenvalue weighted by molar-refractivity contribution is -0.136. The number of carbonyl (C=O) groups excluding carboxylic acids is 2. The molecule has 2 rings (SSSR count). The fraction of sp³-hybridized carbons (Fsp3) is 0.529. The van der Waals surface area contributed by atoms with E-state index in [-0.39, 0.29) is 12.5 Å². The summed E-state index contributed by atoms with van der Waals surface area (Å²) in [5, 5.41) is 0. The van der Waals surface area contributed by atoms with Gasteiger partial charge in [-0.3, -0.25) is 9.59 Å². The second kappa shape index (κ2) is 7.81. The van der Waals surface area contributed by atoms with Crippen molar-refractivity contribution in [3.8, 4) is 0 Å². The first-order chi connectivity index (χ1) is 10.1. The molecule has 1 fully saturated rings. The van der Waals surface area contributed by atoms with Gasteiger partial charge in [0, 0.05) is 13.0 Å². The van der Waals surface area contributed by atoms with Crippen LogP contribution < -0.4 is 5.73 Å². The van der Waals surface area contributed by atoms with Gasteiger partial charge in [-0.15, -0.1) is 0 Å². The van der Waals surface area contributed by atoms with Crippen LogP contribution in [-0.2, 0) is 16.1 Å². The van der Waals surface area contributed by atoms with Crippen molar-refractivity contribution in [2.45, 2.75) is 45.1 Å². The van der Waals surface area contributed by atoms with Crippen LogP contribution in [-0.4, -0.2) is 23.3 Å². The van der Waals surface area contributed by atoms with E-state index < -0.39 is 5.91 Å². The smallest absolute Gasteiger partial charge is 0.237 e. The summed E-state index contributed by atoms with van der Waals surface area (Å²) in [5.74, 6) is 0.0601. The van der Waals surface area contributed by atoms with Crippen LogP contribution in [0.4, 0.5) is 0 Å². The van der Waals surface area contributed by atoms with Gasteiger partial charge in [-0.25, -0.2) is 0 Å². The molecule has 1 aromatic carbocycles. The van der Waals surface area contributed by atoms with Gasteiger partial charge in [0.05, 0.1) is 6.54 Å². The number of benzene rings is 1. The van der Waals surface area contributed by atoms with Crippen molar-refractivity contribution >= 4 is 11.8 Å². The molecule has 0 atom stereocenters. The summed E-state index contributed by atoms with van der Waals surface area (Å²) in [4.78, 5) is 25.3. The van der Waals surface area contributed by atoms with Gasteiger partial charge in [0.25, 0.3) is 0 Å².